The highest BCUT2D eigenvalue weighted by Gasteiger charge is 2.53. The summed E-state index contributed by atoms with van der Waals surface area (Å²) in [6.45, 7) is 40.7. The van der Waals surface area contributed by atoms with Crippen LogP contribution in [-0.4, -0.2) is 92.1 Å². The molecule has 16 nitrogen and oxygen atoms in total. The van der Waals surface area contributed by atoms with E-state index in [1.165, 1.54) is 6.92 Å². The van der Waals surface area contributed by atoms with E-state index in [1.54, 1.807) is 132 Å². The Kier molecular flexibility index (Phi) is 19.7. The Labute approximate surface area is 379 Å². The van der Waals surface area contributed by atoms with Crippen molar-refractivity contribution in [3.63, 3.8) is 0 Å². The third kappa shape index (κ3) is 12.7. The maximum Gasteiger partial charge on any atom is 0.246 e. The average Bonchev–Trinajstić information content (AvgIpc) is 3.12. The molecule has 0 rings (SSSR count). The second-order valence-corrected chi connectivity index (χ2v) is 21.5. The standard InChI is InChI=1S/C47H88N8O8/c1-25(2)41(18,34(57)48-32(15)16)50-36(59)43(20,27(5)6)52-38(61)45(22,29(9)10)54-40(63)47(24,31(13)14)55-39(62)46(23,30(11)12)53-37(60)44(21,28(7)8)51-35(58)42(19,26(3)4)49-33(17)56/h25-32H,1-24H3,(H,48,57)(H,49,56)(H,50,59)(H,51,58)(H,52,61)(H,53,60)(H,54,63)(H,55,62)/t41-,42-,43-,44-,45-,46-,47-/m0/s1. The lowest BCUT2D eigenvalue weighted by Gasteiger charge is -2.45. The molecule has 8 N–H and O–H groups in total. The molecule has 364 valence electrons. The summed E-state index contributed by atoms with van der Waals surface area (Å²) in [4.78, 5) is 112. The molecule has 0 fully saturated rings. The zero-order chi connectivity index (χ0) is 50.4. The van der Waals surface area contributed by atoms with Gasteiger partial charge in [0.25, 0.3) is 0 Å². The van der Waals surface area contributed by atoms with Crippen LogP contribution in [0.4, 0.5) is 0 Å². The smallest absolute Gasteiger partial charge is 0.246 e. The van der Waals surface area contributed by atoms with Crippen LogP contribution in [-0.2, 0) is 38.4 Å². The summed E-state index contributed by atoms with van der Waals surface area (Å²) in [6, 6.07) is -0.178. The topological polar surface area (TPSA) is 233 Å². The summed E-state index contributed by atoms with van der Waals surface area (Å²) < 4.78 is 0. The summed E-state index contributed by atoms with van der Waals surface area (Å²) in [6.07, 6.45) is 0. The normalized spacial score (nSPS) is 18.8. The fourth-order valence-corrected chi connectivity index (χ4v) is 6.21. The van der Waals surface area contributed by atoms with Gasteiger partial charge in [-0.2, -0.15) is 0 Å². The fraction of sp³-hybridized carbons (Fsp3) is 0.830. The van der Waals surface area contributed by atoms with E-state index in [0.29, 0.717) is 0 Å². The van der Waals surface area contributed by atoms with Crippen molar-refractivity contribution < 1.29 is 38.4 Å². The number of hydrogen-bond donors (Lipinski definition) is 8. The Morgan fingerprint density at radius 2 is 0.413 bits per heavy atom. The number of nitrogens with one attached hydrogen (secondary N) is 8. The monoisotopic (exact) mass is 893 g/mol. The van der Waals surface area contributed by atoms with Gasteiger partial charge in [0.05, 0.1) is 0 Å². The molecule has 0 aliphatic carbocycles. The van der Waals surface area contributed by atoms with Gasteiger partial charge in [0.2, 0.25) is 47.3 Å². The van der Waals surface area contributed by atoms with Gasteiger partial charge in [0.1, 0.15) is 38.8 Å². The van der Waals surface area contributed by atoms with E-state index < -0.39 is 110 Å². The lowest BCUT2D eigenvalue weighted by molar-refractivity contribution is -0.147. The number of hydrogen-bond acceptors (Lipinski definition) is 8. The van der Waals surface area contributed by atoms with Gasteiger partial charge in [-0.05, 0) is 104 Å². The van der Waals surface area contributed by atoms with E-state index in [-0.39, 0.29) is 23.8 Å². The third-order valence-corrected chi connectivity index (χ3v) is 14.5. The fourth-order valence-electron chi connectivity index (χ4n) is 6.21. The molecule has 0 spiro atoms. The molecule has 0 aliphatic heterocycles. The summed E-state index contributed by atoms with van der Waals surface area (Å²) in [5, 5.41) is 23.0. The molecular formula is C47H88N8O8. The zero-order valence-electron chi connectivity index (χ0n) is 43.4. The highest BCUT2D eigenvalue weighted by Crippen LogP contribution is 2.30. The van der Waals surface area contributed by atoms with Gasteiger partial charge in [-0.15, -0.1) is 0 Å². The Bertz CT molecular complexity index is 1710. The van der Waals surface area contributed by atoms with Crippen LogP contribution in [0.1, 0.15) is 166 Å². The molecular weight excluding hydrogens is 805 g/mol. The summed E-state index contributed by atoms with van der Waals surface area (Å²) >= 11 is 0. The number of rotatable bonds is 22. The first kappa shape index (κ1) is 58.8. The minimum Gasteiger partial charge on any atom is -0.352 e. The predicted octanol–water partition coefficient (Wildman–Crippen LogP) is 4.25. The zero-order valence-corrected chi connectivity index (χ0v) is 43.4. The largest absolute Gasteiger partial charge is 0.352 e. The van der Waals surface area contributed by atoms with Crippen molar-refractivity contribution >= 4 is 47.3 Å². The van der Waals surface area contributed by atoms with Crippen molar-refractivity contribution in [2.24, 2.45) is 41.4 Å². The molecule has 0 aliphatic rings. The molecule has 0 heterocycles. The Hall–Kier alpha value is -4.24. The summed E-state index contributed by atoms with van der Waals surface area (Å²) in [5.41, 5.74) is -10.7. The van der Waals surface area contributed by atoms with Gasteiger partial charge in [-0.3, -0.25) is 38.4 Å². The average molecular weight is 893 g/mol. The summed E-state index contributed by atoms with van der Waals surface area (Å²) in [5.74, 6) is -7.84. The Balaban J connectivity index is 6.98. The lowest BCUT2D eigenvalue weighted by atomic mass is 9.79. The van der Waals surface area contributed by atoms with Gasteiger partial charge >= 0.3 is 0 Å². The molecule has 0 saturated heterocycles. The Morgan fingerprint density at radius 1 is 0.270 bits per heavy atom. The van der Waals surface area contributed by atoms with Crippen molar-refractivity contribution in [1.82, 2.24) is 42.5 Å². The van der Waals surface area contributed by atoms with Crippen molar-refractivity contribution in [2.75, 3.05) is 0 Å². The van der Waals surface area contributed by atoms with Crippen molar-refractivity contribution in [2.45, 2.75) is 211 Å². The van der Waals surface area contributed by atoms with E-state index in [0.717, 1.165) is 0 Å². The van der Waals surface area contributed by atoms with Crippen LogP contribution in [0, 0.1) is 41.4 Å². The SMILES string of the molecule is CC(=O)N[C@](C)(C(=O)N[C@](C)(C(=O)N[C@](C)(C(=O)N[C@](C)(C(=O)N[C@](C)(C(=O)N[C@](C)(C(=O)N[C@](C)(C(=O)NC(C)C)C(C)C)C(C)C)C(C)C)C(C)C)C(C)C)C(C)C)C(C)C. The minimum absolute atomic E-state index is 0.178. The van der Waals surface area contributed by atoms with Crippen LogP contribution in [0.25, 0.3) is 0 Å². The molecule has 0 aromatic heterocycles. The van der Waals surface area contributed by atoms with Crippen LogP contribution in [0.3, 0.4) is 0 Å². The van der Waals surface area contributed by atoms with Crippen LogP contribution < -0.4 is 42.5 Å². The predicted molar refractivity (Wildman–Crippen MR) is 249 cm³/mol. The van der Waals surface area contributed by atoms with E-state index in [1.807, 2.05) is 27.7 Å². The second-order valence-electron chi connectivity index (χ2n) is 21.5. The Morgan fingerprint density at radius 3 is 0.540 bits per heavy atom. The van der Waals surface area contributed by atoms with E-state index >= 15 is 0 Å². The first-order chi connectivity index (χ1) is 28.1. The quantitative estimate of drug-likeness (QED) is 0.0782. The number of carbonyl (C=O) groups is 8. The molecule has 0 saturated carbocycles. The van der Waals surface area contributed by atoms with E-state index in [9.17, 15) is 38.4 Å². The first-order valence-corrected chi connectivity index (χ1v) is 22.7. The molecule has 0 aromatic rings. The summed E-state index contributed by atoms with van der Waals surface area (Å²) in [7, 11) is 0. The van der Waals surface area contributed by atoms with Crippen molar-refractivity contribution in [3.8, 4) is 0 Å². The lowest BCUT2D eigenvalue weighted by Crippen LogP contribution is -2.74. The molecule has 16 heteroatoms. The van der Waals surface area contributed by atoms with Gasteiger partial charge in [-0.25, -0.2) is 0 Å². The number of amides is 8. The molecule has 0 bridgehead atoms. The first-order valence-electron chi connectivity index (χ1n) is 22.7. The van der Waals surface area contributed by atoms with Crippen LogP contribution >= 0.6 is 0 Å². The molecule has 0 radical (unpaired) electrons. The third-order valence-electron chi connectivity index (χ3n) is 14.5. The van der Waals surface area contributed by atoms with Gasteiger partial charge in [-0.1, -0.05) is 96.9 Å². The van der Waals surface area contributed by atoms with E-state index in [4.69, 9.17) is 0 Å². The molecule has 8 amide bonds. The second kappa shape index (κ2) is 21.2. The molecule has 7 atom stereocenters. The van der Waals surface area contributed by atoms with Gasteiger partial charge < -0.3 is 42.5 Å². The molecule has 63 heavy (non-hydrogen) atoms. The maximum absolute atomic E-state index is 14.6. The van der Waals surface area contributed by atoms with E-state index in [2.05, 4.69) is 42.5 Å². The van der Waals surface area contributed by atoms with Crippen LogP contribution in [0.5, 0.6) is 0 Å². The van der Waals surface area contributed by atoms with Crippen LogP contribution in [0.2, 0.25) is 0 Å². The highest BCUT2D eigenvalue weighted by molar-refractivity contribution is 6.03. The molecule has 0 unspecified atom stereocenters. The van der Waals surface area contributed by atoms with Gasteiger partial charge in [0, 0.05) is 13.0 Å². The van der Waals surface area contributed by atoms with Gasteiger partial charge in [0.15, 0.2) is 0 Å². The highest BCUT2D eigenvalue weighted by atomic mass is 16.2. The molecule has 0 aromatic carbocycles. The minimum atomic E-state index is -1.65. The van der Waals surface area contributed by atoms with Crippen LogP contribution in [0.15, 0.2) is 0 Å². The number of carbonyl (C=O) groups excluding carboxylic acids is 8. The maximum atomic E-state index is 14.6. The van der Waals surface area contributed by atoms with Crippen molar-refractivity contribution in [1.29, 1.82) is 0 Å². The van der Waals surface area contributed by atoms with Crippen molar-refractivity contribution in [3.05, 3.63) is 0 Å².